The van der Waals surface area contributed by atoms with Gasteiger partial charge < -0.3 is 5.11 Å². The molecule has 0 amide bonds. The SMILES string of the molecule is Cc1cccc(S(=O)C(C(=O)O)C(C)C)c1. The Morgan fingerprint density at radius 2 is 2.00 bits per heavy atom. The average Bonchev–Trinajstić information content (AvgIpc) is 2.16. The molecule has 2 atom stereocenters. The van der Waals surface area contributed by atoms with Crippen molar-refractivity contribution in [3.63, 3.8) is 0 Å². The van der Waals surface area contributed by atoms with Crippen molar-refractivity contribution in [1.82, 2.24) is 0 Å². The molecule has 0 aliphatic heterocycles. The Hall–Kier alpha value is -1.16. The summed E-state index contributed by atoms with van der Waals surface area (Å²) in [6.07, 6.45) is 0. The molecule has 1 aromatic carbocycles. The largest absolute Gasteiger partial charge is 0.480 e. The molecule has 0 spiro atoms. The van der Waals surface area contributed by atoms with E-state index in [1.54, 1.807) is 32.0 Å². The zero-order valence-electron chi connectivity index (χ0n) is 9.64. The van der Waals surface area contributed by atoms with Crippen LogP contribution in [0.2, 0.25) is 0 Å². The molecule has 0 aliphatic rings. The van der Waals surface area contributed by atoms with Crippen molar-refractivity contribution < 1.29 is 14.1 Å². The minimum Gasteiger partial charge on any atom is -0.480 e. The summed E-state index contributed by atoms with van der Waals surface area (Å²) in [5, 5.41) is 8.21. The van der Waals surface area contributed by atoms with Crippen molar-refractivity contribution in [1.29, 1.82) is 0 Å². The van der Waals surface area contributed by atoms with Gasteiger partial charge >= 0.3 is 5.97 Å². The molecule has 0 saturated heterocycles. The third-order valence-corrected chi connectivity index (χ3v) is 4.23. The van der Waals surface area contributed by atoms with E-state index in [1.807, 2.05) is 13.0 Å². The number of carbonyl (C=O) groups is 1. The molecular formula is C12H16O3S. The Morgan fingerprint density at radius 1 is 1.38 bits per heavy atom. The van der Waals surface area contributed by atoms with E-state index in [0.717, 1.165) is 5.56 Å². The van der Waals surface area contributed by atoms with E-state index in [2.05, 4.69) is 0 Å². The smallest absolute Gasteiger partial charge is 0.319 e. The van der Waals surface area contributed by atoms with Crippen LogP contribution in [0.1, 0.15) is 19.4 Å². The molecule has 3 nitrogen and oxygen atoms in total. The first kappa shape index (κ1) is 12.9. The molecule has 1 aromatic rings. The summed E-state index contributed by atoms with van der Waals surface area (Å²) in [6, 6.07) is 7.17. The van der Waals surface area contributed by atoms with Crippen LogP contribution in [0.25, 0.3) is 0 Å². The summed E-state index contributed by atoms with van der Waals surface area (Å²) in [5.74, 6) is -1.16. The average molecular weight is 240 g/mol. The van der Waals surface area contributed by atoms with E-state index in [9.17, 15) is 9.00 Å². The first-order chi connectivity index (χ1) is 7.43. The molecule has 0 aromatic heterocycles. The molecule has 0 bridgehead atoms. The highest BCUT2D eigenvalue weighted by Crippen LogP contribution is 2.18. The second-order valence-electron chi connectivity index (χ2n) is 4.12. The fourth-order valence-corrected chi connectivity index (χ4v) is 3.00. The van der Waals surface area contributed by atoms with Gasteiger partial charge in [0.15, 0.2) is 0 Å². The van der Waals surface area contributed by atoms with Gasteiger partial charge in [-0.05, 0) is 30.5 Å². The van der Waals surface area contributed by atoms with E-state index in [-0.39, 0.29) is 5.92 Å². The number of benzene rings is 1. The Kier molecular flexibility index (Phi) is 4.24. The molecule has 0 heterocycles. The Morgan fingerprint density at radius 3 is 2.44 bits per heavy atom. The standard InChI is InChI=1S/C12H16O3S/c1-8(2)11(12(13)14)16(15)10-6-4-5-9(3)7-10/h4-8,11H,1-3H3,(H,13,14). The van der Waals surface area contributed by atoms with Gasteiger partial charge in [0.2, 0.25) is 0 Å². The predicted molar refractivity (Wildman–Crippen MR) is 63.8 cm³/mol. The van der Waals surface area contributed by atoms with Crippen molar-refractivity contribution in [3.8, 4) is 0 Å². The molecule has 0 fully saturated rings. The highest BCUT2D eigenvalue weighted by atomic mass is 32.2. The minimum atomic E-state index is -1.49. The van der Waals surface area contributed by atoms with Crippen LogP contribution >= 0.6 is 0 Å². The molecule has 0 radical (unpaired) electrons. The maximum atomic E-state index is 12.1. The Labute approximate surface area is 98.0 Å². The Bertz CT molecular complexity index is 412. The van der Waals surface area contributed by atoms with Gasteiger partial charge in [0, 0.05) is 4.90 Å². The second kappa shape index (κ2) is 5.25. The number of aliphatic carboxylic acids is 1. The van der Waals surface area contributed by atoms with Crippen molar-refractivity contribution in [2.45, 2.75) is 30.9 Å². The summed E-state index contributed by atoms with van der Waals surface area (Å²) in [4.78, 5) is 11.6. The lowest BCUT2D eigenvalue weighted by Crippen LogP contribution is -2.31. The molecular weight excluding hydrogens is 224 g/mol. The van der Waals surface area contributed by atoms with Crippen LogP contribution in [0.15, 0.2) is 29.2 Å². The number of hydrogen-bond acceptors (Lipinski definition) is 2. The van der Waals surface area contributed by atoms with Gasteiger partial charge in [-0.1, -0.05) is 26.0 Å². The molecule has 2 unspecified atom stereocenters. The Balaban J connectivity index is 3.04. The summed E-state index contributed by atoms with van der Waals surface area (Å²) in [6.45, 7) is 5.44. The lowest BCUT2D eigenvalue weighted by molar-refractivity contribution is -0.137. The third kappa shape index (κ3) is 2.92. The second-order valence-corrected chi connectivity index (χ2v) is 5.69. The quantitative estimate of drug-likeness (QED) is 0.878. The molecule has 0 saturated carbocycles. The monoisotopic (exact) mass is 240 g/mol. The first-order valence-corrected chi connectivity index (χ1v) is 6.35. The van der Waals surface area contributed by atoms with Crippen LogP contribution in [-0.2, 0) is 15.6 Å². The minimum absolute atomic E-state index is 0.154. The van der Waals surface area contributed by atoms with Gasteiger partial charge in [-0.15, -0.1) is 0 Å². The van der Waals surface area contributed by atoms with Gasteiger partial charge in [-0.3, -0.25) is 9.00 Å². The number of hydrogen-bond donors (Lipinski definition) is 1. The van der Waals surface area contributed by atoms with Crippen LogP contribution in [0.4, 0.5) is 0 Å². The van der Waals surface area contributed by atoms with Gasteiger partial charge in [0.25, 0.3) is 0 Å². The van der Waals surface area contributed by atoms with Gasteiger partial charge in [-0.2, -0.15) is 0 Å². The molecule has 4 heteroatoms. The number of carboxylic acids is 1. The summed E-state index contributed by atoms with van der Waals surface area (Å²) in [5.41, 5.74) is 0.985. The van der Waals surface area contributed by atoms with Crippen LogP contribution in [0.3, 0.4) is 0 Å². The van der Waals surface area contributed by atoms with Crippen molar-refractivity contribution >= 4 is 16.8 Å². The van der Waals surface area contributed by atoms with E-state index < -0.39 is 22.0 Å². The van der Waals surface area contributed by atoms with Crippen LogP contribution in [0, 0.1) is 12.8 Å². The van der Waals surface area contributed by atoms with Crippen molar-refractivity contribution in [2.24, 2.45) is 5.92 Å². The third-order valence-electron chi connectivity index (χ3n) is 2.30. The number of aryl methyl sites for hydroxylation is 1. The van der Waals surface area contributed by atoms with E-state index in [4.69, 9.17) is 5.11 Å². The number of rotatable bonds is 4. The molecule has 0 aliphatic carbocycles. The molecule has 1 N–H and O–H groups in total. The number of carboxylic acid groups (broad SMARTS) is 1. The normalized spacial score (nSPS) is 14.8. The van der Waals surface area contributed by atoms with Crippen molar-refractivity contribution in [2.75, 3.05) is 0 Å². The van der Waals surface area contributed by atoms with Crippen LogP contribution < -0.4 is 0 Å². The molecule has 1 rings (SSSR count). The highest BCUT2D eigenvalue weighted by Gasteiger charge is 2.29. The van der Waals surface area contributed by atoms with Gasteiger partial charge in [0.1, 0.15) is 5.25 Å². The van der Waals surface area contributed by atoms with Gasteiger partial charge in [0.05, 0.1) is 10.8 Å². The topological polar surface area (TPSA) is 54.4 Å². The predicted octanol–water partition coefficient (Wildman–Crippen LogP) is 2.21. The zero-order valence-corrected chi connectivity index (χ0v) is 10.5. The zero-order chi connectivity index (χ0) is 12.3. The first-order valence-electron chi connectivity index (χ1n) is 5.13. The highest BCUT2D eigenvalue weighted by molar-refractivity contribution is 7.86. The molecule has 88 valence electrons. The summed E-state index contributed by atoms with van der Waals surface area (Å²) in [7, 11) is -1.49. The van der Waals surface area contributed by atoms with Crippen LogP contribution in [0.5, 0.6) is 0 Å². The lowest BCUT2D eigenvalue weighted by Gasteiger charge is -2.15. The van der Waals surface area contributed by atoms with E-state index in [1.165, 1.54) is 0 Å². The van der Waals surface area contributed by atoms with Crippen LogP contribution in [-0.4, -0.2) is 20.5 Å². The fourth-order valence-electron chi connectivity index (χ4n) is 1.51. The molecule has 16 heavy (non-hydrogen) atoms. The lowest BCUT2D eigenvalue weighted by atomic mass is 10.1. The van der Waals surface area contributed by atoms with E-state index in [0.29, 0.717) is 4.90 Å². The summed E-state index contributed by atoms with van der Waals surface area (Å²) < 4.78 is 12.1. The van der Waals surface area contributed by atoms with E-state index >= 15 is 0 Å². The maximum Gasteiger partial charge on any atom is 0.319 e. The van der Waals surface area contributed by atoms with Crippen molar-refractivity contribution in [3.05, 3.63) is 29.8 Å². The van der Waals surface area contributed by atoms with Gasteiger partial charge in [-0.25, -0.2) is 0 Å². The fraction of sp³-hybridized carbons (Fsp3) is 0.417. The summed E-state index contributed by atoms with van der Waals surface area (Å²) >= 11 is 0. The maximum absolute atomic E-state index is 12.1.